The highest BCUT2D eigenvalue weighted by Gasteiger charge is 2.16. The van der Waals surface area contributed by atoms with Crippen LogP contribution in [-0.4, -0.2) is 22.5 Å². The minimum Gasteiger partial charge on any atom is -0.467 e. The van der Waals surface area contributed by atoms with Gasteiger partial charge in [-0.05, 0) is 18.2 Å². The Balaban J connectivity index is 2.05. The van der Waals surface area contributed by atoms with Gasteiger partial charge in [0, 0.05) is 22.7 Å². The van der Waals surface area contributed by atoms with E-state index in [0.717, 1.165) is 12.1 Å². The van der Waals surface area contributed by atoms with Crippen LogP contribution in [0.2, 0.25) is 5.02 Å². The smallest absolute Gasteiger partial charge is 0.271 e. The quantitative estimate of drug-likeness (QED) is 0.651. The summed E-state index contributed by atoms with van der Waals surface area (Å²) in [7, 11) is 0. The zero-order chi connectivity index (χ0) is 15.4. The molecule has 0 aliphatic carbocycles. The molecule has 2 N–H and O–H groups in total. The van der Waals surface area contributed by atoms with Crippen LogP contribution in [0.15, 0.2) is 41.0 Å². The molecule has 1 unspecified atom stereocenters. The van der Waals surface area contributed by atoms with Gasteiger partial charge >= 0.3 is 0 Å². The summed E-state index contributed by atoms with van der Waals surface area (Å²) < 4.78 is 4.99. The SMILES string of the molecule is O=C(NCC(O)c1ccco1)c1cc(Cl)cc([N+](=O)[O-])c1. The Bertz CT molecular complexity index is 657. The summed E-state index contributed by atoms with van der Waals surface area (Å²) in [6.07, 6.45) is 0.402. The average Bonchev–Trinajstić information content (AvgIpc) is 2.97. The number of halogens is 1. The number of nitro groups is 1. The van der Waals surface area contributed by atoms with Gasteiger partial charge in [0.05, 0.1) is 17.7 Å². The third-order valence-electron chi connectivity index (χ3n) is 2.68. The van der Waals surface area contributed by atoms with Gasteiger partial charge in [-0.25, -0.2) is 0 Å². The van der Waals surface area contributed by atoms with Crippen molar-refractivity contribution in [2.45, 2.75) is 6.10 Å². The maximum atomic E-state index is 11.9. The van der Waals surface area contributed by atoms with Crippen molar-refractivity contribution in [1.29, 1.82) is 0 Å². The highest BCUT2D eigenvalue weighted by atomic mass is 35.5. The summed E-state index contributed by atoms with van der Waals surface area (Å²) in [4.78, 5) is 22.0. The molecule has 21 heavy (non-hydrogen) atoms. The second kappa shape index (κ2) is 6.38. The van der Waals surface area contributed by atoms with Crippen LogP contribution in [0.25, 0.3) is 0 Å². The molecule has 8 heteroatoms. The van der Waals surface area contributed by atoms with Crippen molar-refractivity contribution < 1.29 is 19.2 Å². The molecular formula is C13H11ClN2O5. The number of hydrogen-bond acceptors (Lipinski definition) is 5. The molecule has 0 fully saturated rings. The monoisotopic (exact) mass is 310 g/mol. The van der Waals surface area contributed by atoms with E-state index >= 15 is 0 Å². The first-order valence-electron chi connectivity index (χ1n) is 5.92. The number of aliphatic hydroxyl groups is 1. The van der Waals surface area contributed by atoms with Crippen molar-refractivity contribution in [2.24, 2.45) is 0 Å². The van der Waals surface area contributed by atoms with Crippen LogP contribution in [0.1, 0.15) is 22.2 Å². The fraction of sp³-hybridized carbons (Fsp3) is 0.154. The summed E-state index contributed by atoms with van der Waals surface area (Å²) in [5, 5.41) is 23.0. The summed E-state index contributed by atoms with van der Waals surface area (Å²) in [6, 6.07) is 6.75. The third-order valence-corrected chi connectivity index (χ3v) is 2.90. The van der Waals surface area contributed by atoms with Crippen molar-refractivity contribution >= 4 is 23.2 Å². The molecule has 1 amide bonds. The zero-order valence-electron chi connectivity index (χ0n) is 10.7. The molecule has 0 aliphatic rings. The molecular weight excluding hydrogens is 300 g/mol. The topological polar surface area (TPSA) is 106 Å². The number of carbonyl (C=O) groups excluding carboxylic acids is 1. The molecule has 0 spiro atoms. The number of nitro benzene ring substituents is 1. The number of aliphatic hydroxyl groups excluding tert-OH is 1. The van der Waals surface area contributed by atoms with Crippen LogP contribution in [0.3, 0.4) is 0 Å². The van der Waals surface area contributed by atoms with Crippen LogP contribution in [0, 0.1) is 10.1 Å². The summed E-state index contributed by atoms with van der Waals surface area (Å²) in [5.74, 6) is -0.265. The lowest BCUT2D eigenvalue weighted by molar-refractivity contribution is -0.384. The summed E-state index contributed by atoms with van der Waals surface area (Å²) >= 11 is 5.73. The Morgan fingerprint density at radius 3 is 2.86 bits per heavy atom. The summed E-state index contributed by atoms with van der Waals surface area (Å²) in [6.45, 7) is -0.0906. The van der Waals surface area contributed by atoms with Gasteiger partial charge in [0.25, 0.3) is 11.6 Å². The number of carbonyl (C=O) groups is 1. The van der Waals surface area contributed by atoms with Gasteiger partial charge in [-0.15, -0.1) is 0 Å². The maximum Gasteiger partial charge on any atom is 0.271 e. The maximum absolute atomic E-state index is 11.9. The predicted octanol–water partition coefficient (Wildman–Crippen LogP) is 2.30. The third kappa shape index (κ3) is 3.80. The van der Waals surface area contributed by atoms with E-state index in [9.17, 15) is 20.0 Å². The van der Waals surface area contributed by atoms with Crippen LogP contribution >= 0.6 is 11.6 Å². The standard InChI is InChI=1S/C13H11ClN2O5/c14-9-4-8(5-10(6-9)16(19)20)13(18)15-7-11(17)12-2-1-3-21-12/h1-6,11,17H,7H2,(H,15,18). The highest BCUT2D eigenvalue weighted by Crippen LogP contribution is 2.21. The van der Waals surface area contributed by atoms with E-state index in [1.807, 2.05) is 0 Å². The Hall–Kier alpha value is -2.38. The zero-order valence-corrected chi connectivity index (χ0v) is 11.4. The van der Waals surface area contributed by atoms with E-state index in [2.05, 4.69) is 5.32 Å². The number of amides is 1. The normalized spacial score (nSPS) is 11.9. The fourth-order valence-corrected chi connectivity index (χ4v) is 1.91. The minimum absolute atomic E-state index is 0.0424. The van der Waals surface area contributed by atoms with Crippen LogP contribution < -0.4 is 5.32 Å². The van der Waals surface area contributed by atoms with E-state index < -0.39 is 16.9 Å². The van der Waals surface area contributed by atoms with Crippen molar-refractivity contribution in [3.05, 3.63) is 63.1 Å². The number of benzene rings is 1. The molecule has 1 atom stereocenters. The number of nitrogens with zero attached hydrogens (tertiary/aromatic N) is 1. The molecule has 0 aliphatic heterocycles. The Labute approximate surface area is 124 Å². The predicted molar refractivity (Wildman–Crippen MR) is 74.1 cm³/mol. The van der Waals surface area contributed by atoms with E-state index in [4.69, 9.17) is 16.0 Å². The Morgan fingerprint density at radius 1 is 1.48 bits per heavy atom. The van der Waals surface area contributed by atoms with Crippen LogP contribution in [-0.2, 0) is 0 Å². The summed E-state index contributed by atoms with van der Waals surface area (Å²) in [5.41, 5.74) is -0.236. The number of hydrogen-bond donors (Lipinski definition) is 2. The molecule has 0 bridgehead atoms. The van der Waals surface area contributed by atoms with E-state index in [0.29, 0.717) is 5.76 Å². The van der Waals surface area contributed by atoms with E-state index in [1.54, 1.807) is 12.1 Å². The molecule has 1 aromatic heterocycles. The molecule has 0 saturated carbocycles. The van der Waals surface area contributed by atoms with Crippen molar-refractivity contribution in [1.82, 2.24) is 5.32 Å². The van der Waals surface area contributed by atoms with Gasteiger partial charge in [-0.3, -0.25) is 14.9 Å². The molecule has 7 nitrogen and oxygen atoms in total. The molecule has 110 valence electrons. The van der Waals surface area contributed by atoms with Gasteiger partial charge in [0.1, 0.15) is 11.9 Å². The number of furan rings is 1. The van der Waals surface area contributed by atoms with Gasteiger partial charge < -0.3 is 14.8 Å². The van der Waals surface area contributed by atoms with E-state index in [1.165, 1.54) is 12.3 Å². The van der Waals surface area contributed by atoms with Gasteiger partial charge in [-0.2, -0.15) is 0 Å². The van der Waals surface area contributed by atoms with Crippen molar-refractivity contribution in [2.75, 3.05) is 6.54 Å². The Kier molecular flexibility index (Phi) is 4.56. The largest absolute Gasteiger partial charge is 0.467 e. The van der Waals surface area contributed by atoms with Crippen LogP contribution in [0.5, 0.6) is 0 Å². The second-order valence-electron chi connectivity index (χ2n) is 4.20. The molecule has 0 radical (unpaired) electrons. The first-order valence-corrected chi connectivity index (χ1v) is 6.30. The first-order chi connectivity index (χ1) is 9.97. The minimum atomic E-state index is -1.00. The average molecular weight is 311 g/mol. The Morgan fingerprint density at radius 2 is 2.24 bits per heavy atom. The lowest BCUT2D eigenvalue weighted by Gasteiger charge is -2.09. The van der Waals surface area contributed by atoms with Gasteiger partial charge in [0.15, 0.2) is 0 Å². The highest BCUT2D eigenvalue weighted by molar-refractivity contribution is 6.31. The van der Waals surface area contributed by atoms with Crippen molar-refractivity contribution in [3.8, 4) is 0 Å². The molecule has 1 heterocycles. The van der Waals surface area contributed by atoms with Gasteiger partial charge in [0.2, 0.25) is 0 Å². The molecule has 0 saturated heterocycles. The van der Waals surface area contributed by atoms with E-state index in [-0.39, 0.29) is 22.8 Å². The van der Waals surface area contributed by atoms with Crippen molar-refractivity contribution in [3.63, 3.8) is 0 Å². The molecule has 2 aromatic rings. The van der Waals surface area contributed by atoms with Gasteiger partial charge in [-0.1, -0.05) is 11.6 Å². The lowest BCUT2D eigenvalue weighted by Crippen LogP contribution is -2.28. The molecule has 2 rings (SSSR count). The van der Waals surface area contributed by atoms with Crippen LogP contribution in [0.4, 0.5) is 5.69 Å². The number of rotatable bonds is 5. The molecule has 1 aromatic carbocycles. The number of non-ortho nitro benzene ring substituents is 1. The second-order valence-corrected chi connectivity index (χ2v) is 4.63. The lowest BCUT2D eigenvalue weighted by atomic mass is 10.2. The number of nitrogens with one attached hydrogen (secondary N) is 1. The fourth-order valence-electron chi connectivity index (χ4n) is 1.68. The first kappa shape index (κ1) is 15.0.